The molecule has 0 radical (unpaired) electrons. The number of carbonyl (C=O) groups excluding carboxylic acids is 2. The average molecular weight is 435 g/mol. The molecule has 2 aliphatic heterocycles. The number of likely N-dealkylation sites (tertiary alicyclic amines) is 1. The Hall–Kier alpha value is -3.02. The van der Waals surface area contributed by atoms with E-state index in [0.717, 1.165) is 55.7 Å². The summed E-state index contributed by atoms with van der Waals surface area (Å²) in [4.78, 5) is 26.8. The van der Waals surface area contributed by atoms with Gasteiger partial charge in [0, 0.05) is 37.0 Å². The van der Waals surface area contributed by atoms with Crippen molar-refractivity contribution >= 4 is 11.8 Å². The highest BCUT2D eigenvalue weighted by molar-refractivity contribution is 5.94. The zero-order chi connectivity index (χ0) is 22.0. The molecule has 2 amide bonds. The molecular formula is C26H30N2O4. The van der Waals surface area contributed by atoms with Crippen molar-refractivity contribution in [2.24, 2.45) is 0 Å². The fourth-order valence-corrected chi connectivity index (χ4v) is 5.25. The topological polar surface area (TPSA) is 67.9 Å². The molecule has 6 nitrogen and oxygen atoms in total. The van der Waals surface area contributed by atoms with Gasteiger partial charge in [-0.2, -0.15) is 0 Å². The average Bonchev–Trinajstić information content (AvgIpc) is 3.47. The smallest absolute Gasteiger partial charge is 0.251 e. The van der Waals surface area contributed by atoms with E-state index in [0.29, 0.717) is 38.3 Å². The predicted molar refractivity (Wildman–Crippen MR) is 121 cm³/mol. The number of nitrogens with zero attached hydrogens (tertiary/aromatic N) is 1. The fraction of sp³-hybridized carbons (Fsp3) is 0.462. The highest BCUT2D eigenvalue weighted by Crippen LogP contribution is 2.43. The number of rotatable bonds is 6. The summed E-state index contributed by atoms with van der Waals surface area (Å²) >= 11 is 0. The maximum atomic E-state index is 13.0. The van der Waals surface area contributed by atoms with Crippen LogP contribution in [0.3, 0.4) is 0 Å². The van der Waals surface area contributed by atoms with Gasteiger partial charge in [-0.05, 0) is 54.7 Å². The van der Waals surface area contributed by atoms with Crippen LogP contribution in [-0.2, 0) is 16.8 Å². The van der Waals surface area contributed by atoms with Crippen LogP contribution in [0.5, 0.6) is 11.5 Å². The van der Waals surface area contributed by atoms with E-state index in [9.17, 15) is 9.59 Å². The van der Waals surface area contributed by atoms with Crippen LogP contribution in [0.25, 0.3) is 0 Å². The Morgan fingerprint density at radius 3 is 2.59 bits per heavy atom. The van der Waals surface area contributed by atoms with E-state index >= 15 is 0 Å². The number of amides is 2. The molecule has 0 spiro atoms. The van der Waals surface area contributed by atoms with E-state index in [1.54, 1.807) is 0 Å². The van der Waals surface area contributed by atoms with Crippen molar-refractivity contribution in [2.45, 2.75) is 50.5 Å². The molecular weight excluding hydrogens is 404 g/mol. The second-order valence-corrected chi connectivity index (χ2v) is 9.15. The van der Waals surface area contributed by atoms with Gasteiger partial charge in [0.25, 0.3) is 5.91 Å². The molecule has 1 saturated carbocycles. The number of carbonyl (C=O) groups is 2. The SMILES string of the molecule is O=C(NCC1(c2ccc3c(c2)OCCO3)CCCC1)c1cccc(CN2CCCC2=O)c1. The van der Waals surface area contributed by atoms with Crippen molar-refractivity contribution in [1.29, 1.82) is 0 Å². The normalized spacial score (nSPS) is 19.2. The molecule has 3 aliphatic rings. The molecule has 1 aliphatic carbocycles. The third kappa shape index (κ3) is 4.18. The first-order chi connectivity index (χ1) is 15.6. The molecule has 2 heterocycles. The van der Waals surface area contributed by atoms with Gasteiger partial charge >= 0.3 is 0 Å². The summed E-state index contributed by atoms with van der Waals surface area (Å²) < 4.78 is 11.5. The van der Waals surface area contributed by atoms with Crippen LogP contribution in [0.1, 0.15) is 60.0 Å². The Bertz CT molecular complexity index is 1010. The Labute approximate surface area is 188 Å². The second kappa shape index (κ2) is 8.85. The fourth-order valence-electron chi connectivity index (χ4n) is 5.25. The minimum Gasteiger partial charge on any atom is -0.486 e. The van der Waals surface area contributed by atoms with Crippen LogP contribution in [-0.4, -0.2) is 43.0 Å². The molecule has 2 aromatic rings. The molecule has 2 aromatic carbocycles. The quantitative estimate of drug-likeness (QED) is 0.751. The first-order valence-electron chi connectivity index (χ1n) is 11.7. The van der Waals surface area contributed by atoms with Crippen LogP contribution in [0.4, 0.5) is 0 Å². The third-order valence-electron chi connectivity index (χ3n) is 7.04. The van der Waals surface area contributed by atoms with Crippen LogP contribution >= 0.6 is 0 Å². The van der Waals surface area contributed by atoms with Crippen LogP contribution in [0.15, 0.2) is 42.5 Å². The molecule has 0 atom stereocenters. The zero-order valence-corrected chi connectivity index (χ0v) is 18.4. The third-order valence-corrected chi connectivity index (χ3v) is 7.04. The molecule has 6 heteroatoms. The maximum absolute atomic E-state index is 13.0. The number of nitrogens with one attached hydrogen (secondary N) is 1. The lowest BCUT2D eigenvalue weighted by Gasteiger charge is -2.31. The minimum atomic E-state index is -0.0783. The van der Waals surface area contributed by atoms with Crippen molar-refractivity contribution in [3.8, 4) is 11.5 Å². The summed E-state index contributed by atoms with van der Waals surface area (Å²) in [6, 6.07) is 13.8. The number of fused-ring (bicyclic) bond motifs is 1. The molecule has 2 fully saturated rings. The van der Waals surface area contributed by atoms with Crippen LogP contribution < -0.4 is 14.8 Å². The summed E-state index contributed by atoms with van der Waals surface area (Å²) in [5.74, 6) is 1.73. The van der Waals surface area contributed by atoms with E-state index in [1.165, 1.54) is 5.56 Å². The Kier molecular flexibility index (Phi) is 5.77. The van der Waals surface area contributed by atoms with Gasteiger partial charge in [0.2, 0.25) is 5.91 Å². The molecule has 0 bridgehead atoms. The maximum Gasteiger partial charge on any atom is 0.251 e. The highest BCUT2D eigenvalue weighted by Gasteiger charge is 2.37. The summed E-state index contributed by atoms with van der Waals surface area (Å²) in [6.45, 7) is 3.12. The van der Waals surface area contributed by atoms with Gasteiger partial charge in [0.05, 0.1) is 0 Å². The first-order valence-corrected chi connectivity index (χ1v) is 11.7. The van der Waals surface area contributed by atoms with Gasteiger partial charge in [0.1, 0.15) is 13.2 Å². The predicted octanol–water partition coefficient (Wildman–Crippen LogP) is 3.82. The molecule has 5 rings (SSSR count). The van der Waals surface area contributed by atoms with Gasteiger partial charge in [-0.1, -0.05) is 31.0 Å². The van der Waals surface area contributed by atoms with Crippen LogP contribution in [0, 0.1) is 0 Å². The molecule has 168 valence electrons. The second-order valence-electron chi connectivity index (χ2n) is 9.15. The van der Waals surface area contributed by atoms with E-state index in [1.807, 2.05) is 35.2 Å². The summed E-state index contributed by atoms with van der Waals surface area (Å²) in [6.07, 6.45) is 5.95. The Morgan fingerprint density at radius 1 is 1.00 bits per heavy atom. The van der Waals surface area contributed by atoms with Gasteiger partial charge < -0.3 is 19.7 Å². The van der Waals surface area contributed by atoms with Crippen molar-refractivity contribution in [1.82, 2.24) is 10.2 Å². The van der Waals surface area contributed by atoms with Crippen molar-refractivity contribution < 1.29 is 19.1 Å². The number of ether oxygens (including phenoxy) is 2. The lowest BCUT2D eigenvalue weighted by Crippen LogP contribution is -2.39. The van der Waals surface area contributed by atoms with E-state index in [2.05, 4.69) is 17.4 Å². The summed E-state index contributed by atoms with van der Waals surface area (Å²) in [7, 11) is 0. The molecule has 0 aromatic heterocycles. The standard InChI is InChI=1S/C26H30N2O4/c29-24-7-4-12-28(24)17-19-5-3-6-20(15-19)25(30)27-18-26(10-1-2-11-26)21-8-9-22-23(16-21)32-14-13-31-22/h3,5-6,8-9,15-16H,1-2,4,7,10-14,17-18H2,(H,27,30). The first kappa shape index (κ1) is 20.9. The van der Waals surface area contributed by atoms with Crippen LogP contribution in [0.2, 0.25) is 0 Å². The minimum absolute atomic E-state index is 0.0663. The summed E-state index contributed by atoms with van der Waals surface area (Å²) in [5.41, 5.74) is 2.77. The molecule has 0 unspecified atom stereocenters. The van der Waals surface area contributed by atoms with Gasteiger partial charge in [-0.25, -0.2) is 0 Å². The highest BCUT2D eigenvalue weighted by atomic mass is 16.6. The largest absolute Gasteiger partial charge is 0.486 e. The Balaban J connectivity index is 1.29. The Morgan fingerprint density at radius 2 is 1.81 bits per heavy atom. The van der Waals surface area contributed by atoms with Crippen molar-refractivity contribution in [2.75, 3.05) is 26.3 Å². The van der Waals surface area contributed by atoms with Gasteiger partial charge in [0.15, 0.2) is 11.5 Å². The number of hydrogen-bond donors (Lipinski definition) is 1. The van der Waals surface area contributed by atoms with E-state index in [-0.39, 0.29) is 17.2 Å². The number of benzene rings is 2. The molecule has 32 heavy (non-hydrogen) atoms. The monoisotopic (exact) mass is 434 g/mol. The van der Waals surface area contributed by atoms with Crippen molar-refractivity contribution in [3.05, 3.63) is 59.2 Å². The lowest BCUT2D eigenvalue weighted by molar-refractivity contribution is -0.128. The van der Waals surface area contributed by atoms with E-state index in [4.69, 9.17) is 9.47 Å². The lowest BCUT2D eigenvalue weighted by atomic mass is 9.78. The van der Waals surface area contributed by atoms with Crippen molar-refractivity contribution in [3.63, 3.8) is 0 Å². The van der Waals surface area contributed by atoms with Gasteiger partial charge in [-0.3, -0.25) is 9.59 Å². The van der Waals surface area contributed by atoms with Gasteiger partial charge in [-0.15, -0.1) is 0 Å². The molecule has 1 N–H and O–H groups in total. The zero-order valence-electron chi connectivity index (χ0n) is 18.4. The molecule has 1 saturated heterocycles. The van der Waals surface area contributed by atoms with E-state index < -0.39 is 0 Å². The number of hydrogen-bond acceptors (Lipinski definition) is 4. The summed E-state index contributed by atoms with van der Waals surface area (Å²) in [5, 5.41) is 3.20.